The van der Waals surface area contributed by atoms with E-state index in [-0.39, 0.29) is 11.5 Å². The topological polar surface area (TPSA) is 66.4 Å². The SMILES string of the molecule is Cc1cc(Br)cc(C)c1NS(=O)(=O)c1cc(CO)sc1C. The summed E-state index contributed by atoms with van der Waals surface area (Å²) in [4.78, 5) is 1.52. The molecule has 0 amide bonds. The molecule has 0 radical (unpaired) electrons. The summed E-state index contributed by atoms with van der Waals surface area (Å²) in [5.41, 5.74) is 2.29. The molecule has 1 heterocycles. The molecule has 0 aliphatic rings. The summed E-state index contributed by atoms with van der Waals surface area (Å²) in [5.74, 6) is 0. The first-order chi connectivity index (χ1) is 9.74. The molecule has 21 heavy (non-hydrogen) atoms. The average Bonchev–Trinajstić information content (AvgIpc) is 2.76. The molecule has 0 saturated heterocycles. The molecule has 2 rings (SSSR count). The highest BCUT2D eigenvalue weighted by Gasteiger charge is 2.21. The van der Waals surface area contributed by atoms with Gasteiger partial charge in [0.25, 0.3) is 10.0 Å². The Morgan fingerprint density at radius 3 is 2.24 bits per heavy atom. The quantitative estimate of drug-likeness (QED) is 0.836. The van der Waals surface area contributed by atoms with Crippen molar-refractivity contribution in [3.05, 3.63) is 43.6 Å². The minimum absolute atomic E-state index is 0.155. The molecule has 0 fully saturated rings. The number of nitrogens with one attached hydrogen (secondary N) is 1. The molecule has 2 aromatic rings. The Labute approximate surface area is 137 Å². The molecule has 0 aliphatic carbocycles. The van der Waals surface area contributed by atoms with Crippen LogP contribution in [0.4, 0.5) is 5.69 Å². The largest absolute Gasteiger partial charge is 0.391 e. The zero-order valence-corrected chi connectivity index (χ0v) is 15.1. The molecule has 4 nitrogen and oxygen atoms in total. The zero-order chi connectivity index (χ0) is 15.8. The van der Waals surface area contributed by atoms with Gasteiger partial charge in [-0.15, -0.1) is 11.3 Å². The van der Waals surface area contributed by atoms with Crippen LogP contribution in [0.15, 0.2) is 27.6 Å². The molecule has 2 N–H and O–H groups in total. The van der Waals surface area contributed by atoms with Crippen LogP contribution in [0.5, 0.6) is 0 Å². The number of thiophene rings is 1. The van der Waals surface area contributed by atoms with Crippen molar-refractivity contribution in [1.82, 2.24) is 0 Å². The van der Waals surface area contributed by atoms with Crippen LogP contribution in [0.25, 0.3) is 0 Å². The summed E-state index contributed by atoms with van der Waals surface area (Å²) in [6, 6.07) is 5.25. The lowest BCUT2D eigenvalue weighted by Gasteiger charge is -2.13. The summed E-state index contributed by atoms with van der Waals surface area (Å²) in [6.07, 6.45) is 0. The van der Waals surface area contributed by atoms with Crippen molar-refractivity contribution in [3.8, 4) is 0 Å². The van der Waals surface area contributed by atoms with Gasteiger partial charge in [0.2, 0.25) is 0 Å². The standard InChI is InChI=1S/C14H16BrNO3S2/c1-8-4-11(15)5-9(2)14(8)16-21(18,19)13-6-12(7-17)20-10(13)3/h4-6,16-17H,7H2,1-3H3. The van der Waals surface area contributed by atoms with Crippen LogP contribution in [-0.2, 0) is 16.6 Å². The van der Waals surface area contributed by atoms with E-state index in [9.17, 15) is 8.42 Å². The Hall–Kier alpha value is -0.890. The van der Waals surface area contributed by atoms with Crippen LogP contribution in [-0.4, -0.2) is 13.5 Å². The van der Waals surface area contributed by atoms with Crippen molar-refractivity contribution >= 4 is 43.0 Å². The highest BCUT2D eigenvalue weighted by molar-refractivity contribution is 9.10. The minimum Gasteiger partial charge on any atom is -0.391 e. The molecule has 1 aromatic carbocycles. The monoisotopic (exact) mass is 389 g/mol. The van der Waals surface area contributed by atoms with E-state index in [1.807, 2.05) is 26.0 Å². The number of aliphatic hydroxyl groups excluding tert-OH is 1. The van der Waals surface area contributed by atoms with Crippen molar-refractivity contribution < 1.29 is 13.5 Å². The van der Waals surface area contributed by atoms with Gasteiger partial charge in [-0.05, 0) is 50.1 Å². The predicted octanol–water partition coefficient (Wildman–Crippen LogP) is 3.73. The molecule has 0 saturated carbocycles. The van der Waals surface area contributed by atoms with Crippen molar-refractivity contribution in [2.24, 2.45) is 0 Å². The van der Waals surface area contributed by atoms with E-state index in [1.165, 1.54) is 17.4 Å². The fraction of sp³-hybridized carbons (Fsp3) is 0.286. The van der Waals surface area contributed by atoms with E-state index in [2.05, 4.69) is 20.7 Å². The third kappa shape index (κ3) is 3.48. The third-order valence-corrected chi connectivity index (χ3v) is 6.20. The number of aliphatic hydroxyl groups is 1. The summed E-state index contributed by atoms with van der Waals surface area (Å²) < 4.78 is 28.7. The van der Waals surface area contributed by atoms with Gasteiger partial charge >= 0.3 is 0 Å². The van der Waals surface area contributed by atoms with Crippen molar-refractivity contribution in [2.45, 2.75) is 32.3 Å². The lowest BCUT2D eigenvalue weighted by Crippen LogP contribution is -2.15. The van der Waals surface area contributed by atoms with Crippen LogP contribution in [0.1, 0.15) is 20.9 Å². The van der Waals surface area contributed by atoms with Crippen LogP contribution in [0, 0.1) is 20.8 Å². The molecule has 7 heteroatoms. The van der Waals surface area contributed by atoms with E-state index in [0.717, 1.165) is 15.6 Å². The lowest BCUT2D eigenvalue weighted by atomic mass is 10.1. The number of rotatable bonds is 4. The second-order valence-electron chi connectivity index (χ2n) is 4.81. The number of halogens is 1. The molecule has 0 bridgehead atoms. The van der Waals surface area contributed by atoms with Gasteiger partial charge < -0.3 is 5.11 Å². The number of sulfonamides is 1. The van der Waals surface area contributed by atoms with Gasteiger partial charge in [-0.3, -0.25) is 4.72 Å². The summed E-state index contributed by atoms with van der Waals surface area (Å²) >= 11 is 4.68. The number of anilines is 1. The summed E-state index contributed by atoms with van der Waals surface area (Å²) in [5, 5.41) is 9.14. The first-order valence-corrected chi connectivity index (χ1v) is 9.33. The Morgan fingerprint density at radius 2 is 1.76 bits per heavy atom. The van der Waals surface area contributed by atoms with Gasteiger partial charge in [0.05, 0.1) is 12.3 Å². The first kappa shape index (κ1) is 16.5. The van der Waals surface area contributed by atoms with Crippen molar-refractivity contribution in [3.63, 3.8) is 0 Å². The minimum atomic E-state index is -3.66. The first-order valence-electron chi connectivity index (χ1n) is 6.24. The van der Waals surface area contributed by atoms with Crippen LogP contribution in [0.2, 0.25) is 0 Å². The van der Waals surface area contributed by atoms with Crippen molar-refractivity contribution in [2.75, 3.05) is 4.72 Å². The summed E-state index contributed by atoms with van der Waals surface area (Å²) in [6.45, 7) is 5.29. The average molecular weight is 390 g/mol. The van der Waals surface area contributed by atoms with E-state index in [1.54, 1.807) is 6.92 Å². The third-order valence-electron chi connectivity index (χ3n) is 3.10. The Bertz CT molecular complexity index is 759. The normalized spacial score (nSPS) is 11.7. The molecular formula is C14H16BrNO3S2. The van der Waals surface area contributed by atoms with Crippen LogP contribution < -0.4 is 4.72 Å². The number of hydrogen-bond acceptors (Lipinski definition) is 4. The molecule has 0 spiro atoms. The molecule has 114 valence electrons. The van der Waals surface area contributed by atoms with E-state index < -0.39 is 10.0 Å². The Morgan fingerprint density at radius 1 is 1.19 bits per heavy atom. The maximum atomic E-state index is 12.5. The number of benzene rings is 1. The van der Waals surface area contributed by atoms with E-state index >= 15 is 0 Å². The second kappa shape index (κ2) is 6.08. The lowest BCUT2D eigenvalue weighted by molar-refractivity contribution is 0.285. The van der Waals surface area contributed by atoms with Gasteiger partial charge in [0.15, 0.2) is 0 Å². The zero-order valence-electron chi connectivity index (χ0n) is 11.9. The Balaban J connectivity index is 2.44. The number of aryl methyl sites for hydroxylation is 3. The molecule has 0 aliphatic heterocycles. The molecular weight excluding hydrogens is 374 g/mol. The number of hydrogen-bond donors (Lipinski definition) is 2. The maximum absolute atomic E-state index is 12.5. The van der Waals surface area contributed by atoms with Crippen LogP contribution >= 0.6 is 27.3 Å². The molecule has 0 unspecified atom stereocenters. The maximum Gasteiger partial charge on any atom is 0.263 e. The fourth-order valence-corrected chi connectivity index (χ4v) is 5.52. The predicted molar refractivity (Wildman–Crippen MR) is 89.4 cm³/mol. The molecule has 0 atom stereocenters. The highest BCUT2D eigenvalue weighted by atomic mass is 79.9. The van der Waals surface area contributed by atoms with Gasteiger partial charge in [0.1, 0.15) is 4.90 Å². The van der Waals surface area contributed by atoms with Gasteiger partial charge in [-0.1, -0.05) is 15.9 Å². The Kier molecular flexibility index (Phi) is 4.77. The summed E-state index contributed by atoms with van der Waals surface area (Å²) in [7, 11) is -3.66. The van der Waals surface area contributed by atoms with Gasteiger partial charge in [0, 0.05) is 14.2 Å². The van der Waals surface area contributed by atoms with Gasteiger partial charge in [-0.25, -0.2) is 8.42 Å². The smallest absolute Gasteiger partial charge is 0.263 e. The van der Waals surface area contributed by atoms with Crippen molar-refractivity contribution in [1.29, 1.82) is 0 Å². The van der Waals surface area contributed by atoms with E-state index in [4.69, 9.17) is 5.11 Å². The van der Waals surface area contributed by atoms with Gasteiger partial charge in [-0.2, -0.15) is 0 Å². The second-order valence-corrected chi connectivity index (χ2v) is 8.72. The highest BCUT2D eigenvalue weighted by Crippen LogP contribution is 2.30. The molecule has 1 aromatic heterocycles. The van der Waals surface area contributed by atoms with Crippen LogP contribution in [0.3, 0.4) is 0 Å². The van der Waals surface area contributed by atoms with E-state index in [0.29, 0.717) is 15.4 Å². The fourth-order valence-electron chi connectivity index (χ4n) is 2.13.